The van der Waals surface area contributed by atoms with Crippen LogP contribution in [0.1, 0.15) is 11.1 Å². The van der Waals surface area contributed by atoms with Crippen LogP contribution in [0.25, 0.3) is 0 Å². The maximum Gasteiger partial charge on any atom is 0.200 e. The molecule has 2 aromatic rings. The van der Waals surface area contributed by atoms with Gasteiger partial charge in [-0.3, -0.25) is 9.80 Å². The summed E-state index contributed by atoms with van der Waals surface area (Å²) in [5.74, 6) is 0.956. The molecule has 26 heavy (non-hydrogen) atoms. The molecule has 0 amide bonds. The highest BCUT2D eigenvalue weighted by Crippen LogP contribution is 2.37. The number of methoxy groups -OCH3 is 2. The number of piperazine rings is 1. The van der Waals surface area contributed by atoms with Gasteiger partial charge in [0.25, 0.3) is 0 Å². The second kappa shape index (κ2) is 8.75. The van der Waals surface area contributed by atoms with Crippen molar-refractivity contribution in [1.82, 2.24) is 9.80 Å². The fourth-order valence-corrected chi connectivity index (χ4v) is 3.74. The van der Waals surface area contributed by atoms with E-state index >= 15 is 0 Å². The first-order chi connectivity index (χ1) is 12.6. The first-order valence-electron chi connectivity index (χ1n) is 8.72. The average Bonchev–Trinajstić information content (AvgIpc) is 2.64. The van der Waals surface area contributed by atoms with Gasteiger partial charge in [-0.2, -0.15) is 0 Å². The Morgan fingerprint density at radius 2 is 1.42 bits per heavy atom. The highest BCUT2D eigenvalue weighted by atomic mass is 79.9. The van der Waals surface area contributed by atoms with Crippen LogP contribution in [0.2, 0.25) is 0 Å². The molecule has 0 atom stereocenters. The van der Waals surface area contributed by atoms with E-state index in [4.69, 9.17) is 9.47 Å². The van der Waals surface area contributed by atoms with Crippen molar-refractivity contribution in [3.05, 3.63) is 52.0 Å². The molecular weight excluding hydrogens is 396 g/mol. The summed E-state index contributed by atoms with van der Waals surface area (Å²) in [6, 6.07) is 12.3. The summed E-state index contributed by atoms with van der Waals surface area (Å²) in [7, 11) is 3.11. The molecule has 6 heteroatoms. The molecule has 1 aliphatic rings. The Bertz CT molecular complexity index is 721. The van der Waals surface area contributed by atoms with Gasteiger partial charge in [-0.15, -0.1) is 0 Å². The molecule has 0 radical (unpaired) electrons. The summed E-state index contributed by atoms with van der Waals surface area (Å²) < 4.78 is 11.6. The fourth-order valence-electron chi connectivity index (χ4n) is 3.30. The number of phenolic OH excluding ortho intramolecular Hbond substituents is 1. The molecule has 1 fully saturated rings. The van der Waals surface area contributed by atoms with Gasteiger partial charge in [-0.25, -0.2) is 0 Å². The molecule has 0 aromatic heterocycles. The second-order valence-corrected chi connectivity index (χ2v) is 7.45. The highest BCUT2D eigenvalue weighted by Gasteiger charge is 2.19. The normalized spacial score (nSPS) is 15.8. The molecular formula is C20H25BrN2O3. The van der Waals surface area contributed by atoms with E-state index in [1.54, 1.807) is 14.2 Å². The van der Waals surface area contributed by atoms with E-state index in [0.717, 1.165) is 49.3 Å². The van der Waals surface area contributed by atoms with E-state index in [-0.39, 0.29) is 5.75 Å². The zero-order valence-electron chi connectivity index (χ0n) is 15.2. The number of phenols is 1. The summed E-state index contributed by atoms with van der Waals surface area (Å²) in [6.07, 6.45) is 0. The molecule has 1 N–H and O–H groups in total. The Kier molecular flexibility index (Phi) is 6.40. The molecule has 0 spiro atoms. The lowest BCUT2D eigenvalue weighted by Crippen LogP contribution is -2.45. The second-order valence-electron chi connectivity index (χ2n) is 6.53. The Morgan fingerprint density at radius 1 is 0.885 bits per heavy atom. The highest BCUT2D eigenvalue weighted by molar-refractivity contribution is 9.10. The van der Waals surface area contributed by atoms with Crippen molar-refractivity contribution in [2.75, 3.05) is 40.4 Å². The van der Waals surface area contributed by atoms with E-state index < -0.39 is 0 Å². The lowest BCUT2D eigenvalue weighted by atomic mass is 10.1. The van der Waals surface area contributed by atoms with Gasteiger partial charge in [0, 0.05) is 43.7 Å². The third kappa shape index (κ3) is 4.69. The van der Waals surface area contributed by atoms with E-state index in [1.807, 2.05) is 12.1 Å². The number of hydrogen-bond donors (Lipinski definition) is 1. The zero-order valence-corrected chi connectivity index (χ0v) is 16.8. The van der Waals surface area contributed by atoms with E-state index in [1.165, 1.54) is 5.56 Å². The largest absolute Gasteiger partial charge is 0.502 e. The number of halogens is 1. The minimum atomic E-state index is 0.0533. The Morgan fingerprint density at radius 3 is 1.92 bits per heavy atom. The first kappa shape index (κ1) is 19.0. The average molecular weight is 421 g/mol. The minimum absolute atomic E-state index is 0.0533. The van der Waals surface area contributed by atoms with Crippen LogP contribution in [0.15, 0.2) is 40.9 Å². The maximum atomic E-state index is 10.0. The van der Waals surface area contributed by atoms with Crippen molar-refractivity contribution in [2.45, 2.75) is 13.1 Å². The van der Waals surface area contributed by atoms with Crippen molar-refractivity contribution >= 4 is 15.9 Å². The van der Waals surface area contributed by atoms with Crippen LogP contribution in [0, 0.1) is 0 Å². The smallest absolute Gasteiger partial charge is 0.200 e. The molecule has 2 aromatic carbocycles. The molecule has 3 rings (SSSR count). The molecule has 0 bridgehead atoms. The van der Waals surface area contributed by atoms with Crippen molar-refractivity contribution in [3.63, 3.8) is 0 Å². The van der Waals surface area contributed by atoms with Crippen LogP contribution in [0.4, 0.5) is 0 Å². The number of nitrogens with zero attached hydrogens (tertiary/aromatic N) is 2. The molecule has 0 unspecified atom stereocenters. The third-order valence-corrected chi connectivity index (χ3v) is 5.20. The quantitative estimate of drug-likeness (QED) is 0.774. The van der Waals surface area contributed by atoms with Crippen LogP contribution < -0.4 is 9.47 Å². The summed E-state index contributed by atoms with van der Waals surface area (Å²) in [5.41, 5.74) is 2.41. The van der Waals surface area contributed by atoms with Crippen LogP contribution in [0.5, 0.6) is 17.2 Å². The Labute approximate surface area is 163 Å². The maximum absolute atomic E-state index is 10.0. The summed E-state index contributed by atoms with van der Waals surface area (Å²) >= 11 is 3.54. The van der Waals surface area contributed by atoms with Crippen molar-refractivity contribution in [1.29, 1.82) is 0 Å². The molecule has 0 saturated carbocycles. The molecule has 1 aliphatic heterocycles. The predicted octanol–water partition coefficient (Wildman–Crippen LogP) is 3.49. The fraction of sp³-hybridized carbons (Fsp3) is 0.400. The van der Waals surface area contributed by atoms with Gasteiger partial charge in [0.05, 0.1) is 14.2 Å². The van der Waals surface area contributed by atoms with Gasteiger partial charge in [0.2, 0.25) is 5.75 Å². The Hall–Kier alpha value is -1.76. The van der Waals surface area contributed by atoms with E-state index in [9.17, 15) is 5.11 Å². The van der Waals surface area contributed by atoms with Crippen molar-refractivity contribution in [2.24, 2.45) is 0 Å². The first-order valence-corrected chi connectivity index (χ1v) is 9.51. The lowest BCUT2D eigenvalue weighted by molar-refractivity contribution is 0.122. The number of benzene rings is 2. The van der Waals surface area contributed by atoms with Crippen molar-refractivity contribution in [3.8, 4) is 17.2 Å². The van der Waals surface area contributed by atoms with Gasteiger partial charge in [-0.05, 0) is 35.4 Å². The lowest BCUT2D eigenvalue weighted by Gasteiger charge is -2.34. The summed E-state index contributed by atoms with van der Waals surface area (Å²) in [4.78, 5) is 4.90. The summed E-state index contributed by atoms with van der Waals surface area (Å²) in [6.45, 7) is 5.91. The molecule has 1 heterocycles. The van der Waals surface area contributed by atoms with E-state index in [2.05, 4.69) is 50.0 Å². The number of ether oxygens (including phenoxy) is 2. The van der Waals surface area contributed by atoms with Gasteiger partial charge in [-0.1, -0.05) is 28.1 Å². The van der Waals surface area contributed by atoms with Gasteiger partial charge >= 0.3 is 0 Å². The predicted molar refractivity (Wildman–Crippen MR) is 106 cm³/mol. The van der Waals surface area contributed by atoms with Gasteiger partial charge < -0.3 is 14.6 Å². The van der Waals surface area contributed by atoms with Crippen LogP contribution in [-0.4, -0.2) is 55.3 Å². The Balaban J connectivity index is 1.57. The number of hydrogen-bond acceptors (Lipinski definition) is 5. The molecule has 140 valence electrons. The zero-order chi connectivity index (χ0) is 18.5. The van der Waals surface area contributed by atoms with Crippen LogP contribution in [-0.2, 0) is 13.1 Å². The molecule has 1 saturated heterocycles. The van der Waals surface area contributed by atoms with Crippen LogP contribution in [0.3, 0.4) is 0 Å². The monoisotopic (exact) mass is 420 g/mol. The number of rotatable bonds is 6. The van der Waals surface area contributed by atoms with E-state index in [0.29, 0.717) is 11.5 Å². The molecule has 5 nitrogen and oxygen atoms in total. The van der Waals surface area contributed by atoms with Crippen molar-refractivity contribution < 1.29 is 14.6 Å². The minimum Gasteiger partial charge on any atom is -0.502 e. The third-order valence-electron chi connectivity index (χ3n) is 4.71. The number of aromatic hydroxyl groups is 1. The SMILES string of the molecule is COc1cc(CN2CCN(Cc3cccc(Br)c3)CC2)cc(OC)c1O. The topological polar surface area (TPSA) is 45.2 Å². The van der Waals surface area contributed by atoms with Gasteiger partial charge in [0.1, 0.15) is 0 Å². The standard InChI is InChI=1S/C20H25BrN2O3/c1-25-18-11-16(12-19(26-2)20(18)24)14-23-8-6-22(7-9-23)13-15-4-3-5-17(21)10-15/h3-5,10-12,24H,6-9,13-14H2,1-2H3. The summed E-state index contributed by atoms with van der Waals surface area (Å²) in [5, 5.41) is 10.0. The van der Waals surface area contributed by atoms with Crippen LogP contribution >= 0.6 is 15.9 Å². The molecule has 0 aliphatic carbocycles. The van der Waals surface area contributed by atoms with Gasteiger partial charge in [0.15, 0.2) is 11.5 Å².